The fourth-order valence-corrected chi connectivity index (χ4v) is 2.45. The number of rotatable bonds is 10. The number of aliphatic carboxylic acids is 1. The average Bonchev–Trinajstić information content (AvgIpc) is 2.32. The van der Waals surface area contributed by atoms with Gasteiger partial charge < -0.3 is 15.6 Å². The third kappa shape index (κ3) is 8.43. The predicted octanol–water partition coefficient (Wildman–Crippen LogP) is -1.42. The van der Waals surface area contributed by atoms with Gasteiger partial charge in [0.05, 0.1) is 18.8 Å². The molecule has 10 heteroatoms. The summed E-state index contributed by atoms with van der Waals surface area (Å²) >= 11 is 0. The molecule has 0 saturated carbocycles. The van der Waals surface area contributed by atoms with Gasteiger partial charge in [-0.3, -0.25) is 14.4 Å². The first-order chi connectivity index (χ1) is 9.18. The van der Waals surface area contributed by atoms with Gasteiger partial charge in [-0.25, -0.2) is 13.1 Å². The number of sulfonamides is 1. The summed E-state index contributed by atoms with van der Waals surface area (Å²) in [5.41, 5.74) is 4.87. The first kappa shape index (κ1) is 18.3. The van der Waals surface area contributed by atoms with Crippen molar-refractivity contribution in [3.05, 3.63) is 0 Å². The molecule has 0 heterocycles. The molecule has 1 atom stereocenters. The second-order valence-corrected chi connectivity index (χ2v) is 5.76. The van der Waals surface area contributed by atoms with Gasteiger partial charge in [0, 0.05) is 6.42 Å². The van der Waals surface area contributed by atoms with Crippen LogP contribution in [0, 0.1) is 0 Å². The Bertz CT molecular complexity index is 460. The van der Waals surface area contributed by atoms with Crippen LogP contribution in [0.2, 0.25) is 0 Å². The molecule has 9 nitrogen and oxygen atoms in total. The van der Waals surface area contributed by atoms with Crippen molar-refractivity contribution in [2.45, 2.75) is 32.2 Å². The third-order valence-electron chi connectivity index (χ3n) is 2.18. The van der Waals surface area contributed by atoms with Crippen LogP contribution in [0.5, 0.6) is 0 Å². The smallest absolute Gasteiger partial charge is 0.321 e. The number of hydrogen-bond donors (Lipinski definition) is 3. The molecule has 4 N–H and O–H groups in total. The minimum atomic E-state index is -3.97. The van der Waals surface area contributed by atoms with Gasteiger partial charge >= 0.3 is 11.9 Å². The molecule has 0 aromatic heterocycles. The van der Waals surface area contributed by atoms with Crippen LogP contribution in [0.25, 0.3) is 0 Å². The molecule has 0 aromatic rings. The molecule has 0 aromatic carbocycles. The Morgan fingerprint density at radius 1 is 1.30 bits per heavy atom. The van der Waals surface area contributed by atoms with Gasteiger partial charge in [-0.2, -0.15) is 0 Å². The van der Waals surface area contributed by atoms with Gasteiger partial charge in [0.1, 0.15) is 6.04 Å². The van der Waals surface area contributed by atoms with Gasteiger partial charge in [0.25, 0.3) is 0 Å². The van der Waals surface area contributed by atoms with Crippen LogP contribution in [0.1, 0.15) is 26.2 Å². The average molecular weight is 310 g/mol. The van der Waals surface area contributed by atoms with E-state index in [0.717, 1.165) is 0 Å². The number of primary amides is 1. The van der Waals surface area contributed by atoms with Crippen LogP contribution in [-0.2, 0) is 29.1 Å². The molecule has 0 aliphatic heterocycles. The van der Waals surface area contributed by atoms with E-state index in [1.54, 1.807) is 6.92 Å². The Hall–Kier alpha value is -1.68. The zero-order valence-corrected chi connectivity index (χ0v) is 11.8. The predicted molar refractivity (Wildman–Crippen MR) is 68.0 cm³/mol. The van der Waals surface area contributed by atoms with Gasteiger partial charge in [0.2, 0.25) is 15.9 Å². The quantitative estimate of drug-likeness (QED) is 0.418. The number of carboxylic acid groups (broad SMARTS) is 1. The van der Waals surface area contributed by atoms with E-state index in [0.29, 0.717) is 0 Å². The molecular formula is C10H18N2O7S. The molecular weight excluding hydrogens is 292 g/mol. The summed E-state index contributed by atoms with van der Waals surface area (Å²) in [6.07, 6.45) is -0.911. The molecule has 0 saturated heterocycles. The summed E-state index contributed by atoms with van der Waals surface area (Å²) < 4.78 is 29.7. The van der Waals surface area contributed by atoms with Gasteiger partial charge in [-0.1, -0.05) is 0 Å². The van der Waals surface area contributed by atoms with Crippen molar-refractivity contribution < 1.29 is 32.6 Å². The highest BCUT2D eigenvalue weighted by molar-refractivity contribution is 7.89. The Morgan fingerprint density at radius 3 is 2.35 bits per heavy atom. The normalized spacial score (nSPS) is 12.7. The zero-order valence-electron chi connectivity index (χ0n) is 11.0. The van der Waals surface area contributed by atoms with E-state index < -0.39 is 39.7 Å². The molecule has 0 aliphatic rings. The number of ether oxygens (including phenoxy) is 1. The largest absolute Gasteiger partial charge is 0.480 e. The first-order valence-corrected chi connectivity index (χ1v) is 7.50. The molecule has 0 rings (SSSR count). The number of amides is 1. The van der Waals surface area contributed by atoms with E-state index in [-0.39, 0.29) is 25.9 Å². The van der Waals surface area contributed by atoms with Crippen LogP contribution in [-0.4, -0.2) is 49.8 Å². The van der Waals surface area contributed by atoms with Crippen molar-refractivity contribution in [3.63, 3.8) is 0 Å². The molecule has 1 amide bonds. The maximum atomic E-state index is 11.6. The van der Waals surface area contributed by atoms with E-state index in [2.05, 4.69) is 4.74 Å². The highest BCUT2D eigenvalue weighted by Gasteiger charge is 2.25. The topological polar surface area (TPSA) is 153 Å². The number of carboxylic acids is 1. The van der Waals surface area contributed by atoms with Crippen molar-refractivity contribution in [1.29, 1.82) is 0 Å². The van der Waals surface area contributed by atoms with E-state index >= 15 is 0 Å². The second-order valence-electron chi connectivity index (χ2n) is 3.89. The molecule has 0 spiro atoms. The fraction of sp³-hybridized carbons (Fsp3) is 0.700. The van der Waals surface area contributed by atoms with Crippen molar-refractivity contribution in [2.75, 3.05) is 12.4 Å². The monoisotopic (exact) mass is 310 g/mol. The third-order valence-corrected chi connectivity index (χ3v) is 3.56. The van der Waals surface area contributed by atoms with Crippen LogP contribution >= 0.6 is 0 Å². The molecule has 0 fully saturated rings. The number of hydrogen-bond acceptors (Lipinski definition) is 6. The Morgan fingerprint density at radius 2 is 1.90 bits per heavy atom. The van der Waals surface area contributed by atoms with Crippen LogP contribution in [0.15, 0.2) is 0 Å². The summed E-state index contributed by atoms with van der Waals surface area (Å²) in [4.78, 5) is 32.5. The van der Waals surface area contributed by atoms with Crippen LogP contribution in [0.3, 0.4) is 0 Å². The molecule has 0 aliphatic carbocycles. The molecule has 1 unspecified atom stereocenters. The highest BCUT2D eigenvalue weighted by atomic mass is 32.2. The minimum Gasteiger partial charge on any atom is -0.480 e. The number of nitrogens with one attached hydrogen (secondary N) is 1. The molecule has 0 bridgehead atoms. The van der Waals surface area contributed by atoms with E-state index in [4.69, 9.17) is 10.8 Å². The summed E-state index contributed by atoms with van der Waals surface area (Å²) in [5, 5.41) is 8.84. The Kier molecular flexibility index (Phi) is 7.77. The van der Waals surface area contributed by atoms with Crippen LogP contribution < -0.4 is 10.5 Å². The number of nitrogens with two attached hydrogens (primary N) is 1. The Labute approximate surface area is 116 Å². The van der Waals surface area contributed by atoms with Gasteiger partial charge in [-0.15, -0.1) is 0 Å². The molecule has 0 radical (unpaired) electrons. The van der Waals surface area contributed by atoms with Gasteiger partial charge in [-0.05, 0) is 13.3 Å². The van der Waals surface area contributed by atoms with Crippen molar-refractivity contribution >= 4 is 27.9 Å². The summed E-state index contributed by atoms with van der Waals surface area (Å²) in [6.45, 7) is 1.71. The lowest BCUT2D eigenvalue weighted by atomic mass is 10.2. The first-order valence-electron chi connectivity index (χ1n) is 5.84. The SMILES string of the molecule is CCOC(=O)CCS(=O)(=O)NC(CCC(N)=O)C(=O)O. The standard InChI is InChI=1S/C10H18N2O7S/c1-2-19-9(14)5-6-20(17,18)12-7(10(15)16)3-4-8(11)13/h7,12H,2-6H2,1H3,(H2,11,13)(H,15,16). The maximum absolute atomic E-state index is 11.6. The van der Waals surface area contributed by atoms with Gasteiger partial charge in [0.15, 0.2) is 0 Å². The minimum absolute atomic E-state index is 0.128. The van der Waals surface area contributed by atoms with E-state index in [9.17, 15) is 22.8 Å². The van der Waals surface area contributed by atoms with Crippen LogP contribution in [0.4, 0.5) is 0 Å². The summed E-state index contributed by atoms with van der Waals surface area (Å²) in [6, 6.07) is -1.46. The summed E-state index contributed by atoms with van der Waals surface area (Å²) in [7, 11) is -3.97. The zero-order chi connectivity index (χ0) is 15.8. The highest BCUT2D eigenvalue weighted by Crippen LogP contribution is 2.02. The molecule has 116 valence electrons. The lowest BCUT2D eigenvalue weighted by Gasteiger charge is -2.13. The Balaban J connectivity index is 4.48. The summed E-state index contributed by atoms with van der Waals surface area (Å²) in [5.74, 6) is -3.44. The van der Waals surface area contributed by atoms with E-state index in [1.165, 1.54) is 0 Å². The maximum Gasteiger partial charge on any atom is 0.321 e. The van der Waals surface area contributed by atoms with Crippen molar-refractivity contribution in [3.8, 4) is 0 Å². The lowest BCUT2D eigenvalue weighted by Crippen LogP contribution is -2.42. The van der Waals surface area contributed by atoms with Crippen molar-refractivity contribution in [2.24, 2.45) is 5.73 Å². The van der Waals surface area contributed by atoms with Crippen molar-refractivity contribution in [1.82, 2.24) is 4.72 Å². The van der Waals surface area contributed by atoms with E-state index in [1.807, 2.05) is 4.72 Å². The lowest BCUT2D eigenvalue weighted by molar-refractivity contribution is -0.142. The fourth-order valence-electron chi connectivity index (χ4n) is 1.25. The number of esters is 1. The molecule has 20 heavy (non-hydrogen) atoms. The number of carbonyl (C=O) groups is 3. The number of carbonyl (C=O) groups excluding carboxylic acids is 2. The second kappa shape index (κ2) is 8.48.